The minimum atomic E-state index is -1.13. The Kier molecular flexibility index (Phi) is 5.02. The van der Waals surface area contributed by atoms with Crippen LogP contribution in [0.3, 0.4) is 0 Å². The molecule has 0 aromatic heterocycles. The van der Waals surface area contributed by atoms with Crippen molar-refractivity contribution >= 4 is 23.4 Å². The second-order valence-corrected chi connectivity index (χ2v) is 4.81. The van der Waals surface area contributed by atoms with Crippen LogP contribution in [0.15, 0.2) is 23.2 Å². The number of hydrogen-bond acceptors (Lipinski definition) is 5. The van der Waals surface area contributed by atoms with Gasteiger partial charge in [0, 0.05) is 12.5 Å². The quantitative estimate of drug-likeness (QED) is 0.386. The lowest BCUT2D eigenvalue weighted by Crippen LogP contribution is -2.38. The maximum Gasteiger partial charge on any atom is 0.303 e. The van der Waals surface area contributed by atoms with Gasteiger partial charge >= 0.3 is 5.97 Å². The van der Waals surface area contributed by atoms with E-state index in [-0.39, 0.29) is 17.4 Å². The van der Waals surface area contributed by atoms with E-state index in [1.54, 1.807) is 13.8 Å². The third-order valence-corrected chi connectivity index (χ3v) is 2.59. The van der Waals surface area contributed by atoms with Crippen LogP contribution < -0.4 is 5.73 Å². The molecule has 1 aromatic rings. The number of nitrogens with one attached hydrogen (secondary N) is 1. The van der Waals surface area contributed by atoms with E-state index in [2.05, 4.69) is 4.99 Å². The molecule has 0 heterocycles. The lowest BCUT2D eigenvalue weighted by Gasteiger charge is -2.24. The van der Waals surface area contributed by atoms with E-state index in [9.17, 15) is 9.18 Å². The number of rotatable bonds is 3. The Hall–Kier alpha value is -2.44. The third-order valence-electron chi connectivity index (χ3n) is 2.59. The summed E-state index contributed by atoms with van der Waals surface area (Å²) in [6.07, 6.45) is 0. The topological polar surface area (TPSA) is 97.8 Å². The van der Waals surface area contributed by atoms with E-state index in [0.29, 0.717) is 5.56 Å². The molecule has 0 aliphatic carbocycles. The summed E-state index contributed by atoms with van der Waals surface area (Å²) in [5.74, 6) is -1.20. The van der Waals surface area contributed by atoms with Crippen molar-refractivity contribution in [2.24, 2.45) is 4.99 Å². The van der Waals surface area contributed by atoms with Crippen molar-refractivity contribution in [3.05, 3.63) is 29.6 Å². The number of carbonyl (C=O) groups excluding carboxylic acids is 1. The lowest BCUT2D eigenvalue weighted by molar-refractivity contribution is -0.149. The van der Waals surface area contributed by atoms with Gasteiger partial charge in [-0.2, -0.15) is 4.99 Å². The molecule has 0 unspecified atom stereocenters. The number of methoxy groups -OCH3 is 1. The van der Waals surface area contributed by atoms with Crippen LogP contribution in [0.2, 0.25) is 0 Å². The Morgan fingerprint density at radius 2 is 2.05 bits per heavy atom. The number of carbonyl (C=O) groups is 1. The van der Waals surface area contributed by atoms with Crippen molar-refractivity contribution in [1.82, 2.24) is 0 Å². The number of aliphatic imine (C=N–C) groups is 1. The van der Waals surface area contributed by atoms with Gasteiger partial charge in [0.25, 0.3) is 0 Å². The molecular formula is C14H18FN3O3. The highest BCUT2D eigenvalue weighted by molar-refractivity contribution is 6.05. The fourth-order valence-electron chi connectivity index (χ4n) is 1.69. The van der Waals surface area contributed by atoms with Crippen LogP contribution in [-0.4, -0.2) is 30.4 Å². The van der Waals surface area contributed by atoms with E-state index in [4.69, 9.17) is 20.6 Å². The zero-order chi connectivity index (χ0) is 16.2. The summed E-state index contributed by atoms with van der Waals surface area (Å²) in [4.78, 5) is 15.1. The number of nitrogens with zero attached hydrogens (tertiary/aromatic N) is 1. The number of nitrogen functional groups attached to an aromatic ring is 1. The first-order valence-electron chi connectivity index (χ1n) is 6.14. The molecule has 0 spiro atoms. The van der Waals surface area contributed by atoms with Crippen molar-refractivity contribution in [3.8, 4) is 0 Å². The normalized spacial score (nSPS) is 12.0. The van der Waals surface area contributed by atoms with Crippen LogP contribution in [0.1, 0.15) is 26.3 Å². The molecule has 0 fully saturated rings. The van der Waals surface area contributed by atoms with Crippen molar-refractivity contribution in [1.29, 1.82) is 5.41 Å². The molecule has 7 heteroatoms. The second-order valence-electron chi connectivity index (χ2n) is 4.81. The number of esters is 1. The highest BCUT2D eigenvalue weighted by Crippen LogP contribution is 2.16. The monoisotopic (exact) mass is 295 g/mol. The maximum absolute atomic E-state index is 13.1. The van der Waals surface area contributed by atoms with Gasteiger partial charge in [-0.1, -0.05) is 0 Å². The smallest absolute Gasteiger partial charge is 0.303 e. The zero-order valence-electron chi connectivity index (χ0n) is 12.4. The Morgan fingerprint density at radius 3 is 2.52 bits per heavy atom. The molecule has 0 atom stereocenters. The summed E-state index contributed by atoms with van der Waals surface area (Å²) in [5, 5.41) is 7.91. The number of nitrogens with two attached hydrogens (primary N) is 1. The van der Waals surface area contributed by atoms with E-state index in [0.717, 1.165) is 6.07 Å². The van der Waals surface area contributed by atoms with Gasteiger partial charge < -0.3 is 15.2 Å². The first kappa shape index (κ1) is 16.6. The fourth-order valence-corrected chi connectivity index (χ4v) is 1.69. The summed E-state index contributed by atoms with van der Waals surface area (Å²) in [6, 6.07) is 3.83. The average Bonchev–Trinajstić information content (AvgIpc) is 2.37. The predicted molar refractivity (Wildman–Crippen MR) is 77.9 cm³/mol. The van der Waals surface area contributed by atoms with Crippen LogP contribution in [0.25, 0.3) is 0 Å². The first-order chi connectivity index (χ1) is 9.67. The molecule has 1 rings (SSSR count). The van der Waals surface area contributed by atoms with E-state index >= 15 is 0 Å². The number of anilines is 1. The first-order valence-corrected chi connectivity index (χ1v) is 6.14. The van der Waals surface area contributed by atoms with Gasteiger partial charge in [0.2, 0.25) is 5.90 Å². The Bertz CT molecular complexity index is 597. The van der Waals surface area contributed by atoms with Crippen LogP contribution in [-0.2, 0) is 14.3 Å². The highest BCUT2D eigenvalue weighted by Gasteiger charge is 2.30. The number of hydrogen-bond donors (Lipinski definition) is 2. The van der Waals surface area contributed by atoms with E-state index in [1.807, 2.05) is 0 Å². The van der Waals surface area contributed by atoms with Gasteiger partial charge in [0.15, 0.2) is 11.4 Å². The Morgan fingerprint density at radius 1 is 1.43 bits per heavy atom. The molecule has 0 radical (unpaired) electrons. The molecule has 0 aliphatic rings. The van der Waals surface area contributed by atoms with Gasteiger partial charge in [0.05, 0.1) is 12.8 Å². The molecule has 0 saturated heterocycles. The maximum atomic E-state index is 13.1. The molecule has 114 valence electrons. The third kappa shape index (κ3) is 4.27. The number of amidine groups is 1. The molecular weight excluding hydrogens is 277 g/mol. The van der Waals surface area contributed by atoms with Crippen LogP contribution in [0.4, 0.5) is 10.1 Å². The van der Waals surface area contributed by atoms with E-state index < -0.39 is 17.4 Å². The van der Waals surface area contributed by atoms with Crippen molar-refractivity contribution < 1.29 is 18.7 Å². The Labute approximate surface area is 122 Å². The molecule has 0 amide bonds. The van der Waals surface area contributed by atoms with Crippen LogP contribution >= 0.6 is 0 Å². The summed E-state index contributed by atoms with van der Waals surface area (Å²) in [7, 11) is 1.36. The van der Waals surface area contributed by atoms with Crippen LogP contribution in [0, 0.1) is 11.2 Å². The van der Waals surface area contributed by atoms with Gasteiger partial charge in [-0.3, -0.25) is 10.2 Å². The van der Waals surface area contributed by atoms with Gasteiger partial charge in [0.1, 0.15) is 5.82 Å². The molecule has 0 bridgehead atoms. The fraction of sp³-hybridized carbons (Fsp3) is 0.357. The van der Waals surface area contributed by atoms with Crippen molar-refractivity contribution in [2.45, 2.75) is 26.4 Å². The molecule has 21 heavy (non-hydrogen) atoms. The lowest BCUT2D eigenvalue weighted by atomic mass is 10.1. The van der Waals surface area contributed by atoms with E-state index in [1.165, 1.54) is 26.2 Å². The molecule has 0 aliphatic heterocycles. The van der Waals surface area contributed by atoms with Gasteiger partial charge in [-0.15, -0.1) is 0 Å². The summed E-state index contributed by atoms with van der Waals surface area (Å²) < 4.78 is 23.3. The summed E-state index contributed by atoms with van der Waals surface area (Å²) in [6.45, 7) is 4.44. The molecule has 1 aromatic carbocycles. The van der Waals surface area contributed by atoms with Crippen LogP contribution in [0.5, 0.6) is 0 Å². The molecule has 3 N–H and O–H groups in total. The minimum Gasteiger partial charge on any atom is -0.481 e. The SMILES string of the molecule is COC(=NC(=N)c1ccc(F)c(N)c1)C(C)(C)OC(C)=O. The summed E-state index contributed by atoms with van der Waals surface area (Å²) in [5.41, 5.74) is 4.57. The van der Waals surface area contributed by atoms with Gasteiger partial charge in [-0.25, -0.2) is 4.39 Å². The Balaban J connectivity index is 3.09. The number of benzene rings is 1. The largest absolute Gasteiger partial charge is 0.481 e. The summed E-state index contributed by atoms with van der Waals surface area (Å²) >= 11 is 0. The van der Waals surface area contributed by atoms with Crippen molar-refractivity contribution in [2.75, 3.05) is 12.8 Å². The average molecular weight is 295 g/mol. The predicted octanol–water partition coefficient (Wildman–Crippen LogP) is 2.12. The number of halogens is 1. The minimum absolute atomic E-state index is 0.0468. The van der Waals surface area contributed by atoms with Gasteiger partial charge in [-0.05, 0) is 32.0 Å². The standard InChI is InChI=1S/C14H18FN3O3/c1-8(19)21-14(2,3)13(20-4)18-12(17)9-5-6-10(15)11(16)7-9/h5-7,17H,16H2,1-4H3. The molecule has 6 nitrogen and oxygen atoms in total. The molecule has 0 saturated carbocycles. The zero-order valence-corrected chi connectivity index (χ0v) is 12.4. The second kappa shape index (κ2) is 6.34. The number of ether oxygens (including phenoxy) is 2. The van der Waals surface area contributed by atoms with Crippen molar-refractivity contribution in [3.63, 3.8) is 0 Å². The highest BCUT2D eigenvalue weighted by atomic mass is 19.1.